The largest absolute Gasteiger partial charge is 0.351 e. The minimum atomic E-state index is -0.685. The Labute approximate surface area is 128 Å². The van der Waals surface area contributed by atoms with E-state index in [1.807, 2.05) is 19.9 Å². The summed E-state index contributed by atoms with van der Waals surface area (Å²) in [6.45, 7) is 4.10. The van der Waals surface area contributed by atoms with Gasteiger partial charge in [0.2, 0.25) is 5.91 Å². The molecular formula is C16H13N5O. The molecule has 6 nitrogen and oxygen atoms in total. The van der Waals surface area contributed by atoms with E-state index in [2.05, 4.69) is 10.6 Å². The SMILES string of the molecule is CC1(C)C(=O)NCc2ccc(NC(C#N)=C(C#N)C#N)cc21. The number of carbonyl (C=O) groups excluding carboxylic acids is 1. The molecule has 1 aliphatic heterocycles. The Hall–Kier alpha value is -3.30. The summed E-state index contributed by atoms with van der Waals surface area (Å²) in [6, 6.07) is 10.5. The Bertz CT molecular complexity index is 783. The van der Waals surface area contributed by atoms with Gasteiger partial charge in [0.05, 0.1) is 5.41 Å². The smallest absolute Gasteiger partial charge is 0.230 e. The van der Waals surface area contributed by atoms with E-state index in [9.17, 15) is 4.79 Å². The average Bonchev–Trinajstić information content (AvgIpc) is 2.51. The van der Waals surface area contributed by atoms with Crippen molar-refractivity contribution in [3.8, 4) is 18.2 Å². The maximum atomic E-state index is 12.0. The summed E-state index contributed by atoms with van der Waals surface area (Å²) in [6.07, 6.45) is 0. The van der Waals surface area contributed by atoms with Crippen LogP contribution >= 0.6 is 0 Å². The number of benzene rings is 1. The lowest BCUT2D eigenvalue weighted by Crippen LogP contribution is -2.44. The summed E-state index contributed by atoms with van der Waals surface area (Å²) in [5.74, 6) is -0.0667. The summed E-state index contributed by atoms with van der Waals surface area (Å²) in [4.78, 5) is 12.0. The third kappa shape index (κ3) is 2.49. The van der Waals surface area contributed by atoms with Gasteiger partial charge < -0.3 is 10.6 Å². The summed E-state index contributed by atoms with van der Waals surface area (Å²) in [5, 5.41) is 32.4. The number of allylic oxidation sites excluding steroid dienone is 2. The highest BCUT2D eigenvalue weighted by molar-refractivity contribution is 5.89. The lowest BCUT2D eigenvalue weighted by Gasteiger charge is -2.32. The molecule has 0 atom stereocenters. The number of carbonyl (C=O) groups is 1. The molecule has 0 spiro atoms. The van der Waals surface area contributed by atoms with Crippen molar-refractivity contribution in [1.82, 2.24) is 5.32 Å². The fraction of sp³-hybridized carbons (Fsp3) is 0.250. The molecule has 1 aromatic carbocycles. The number of hydrogen-bond donors (Lipinski definition) is 2. The zero-order valence-corrected chi connectivity index (χ0v) is 12.2. The van der Waals surface area contributed by atoms with Crippen LogP contribution in [0.25, 0.3) is 0 Å². The second-order valence-corrected chi connectivity index (χ2v) is 5.39. The van der Waals surface area contributed by atoms with Crippen LogP contribution in [0.5, 0.6) is 0 Å². The molecule has 0 aromatic heterocycles. The first-order valence-electron chi connectivity index (χ1n) is 6.57. The first kappa shape index (κ1) is 15.1. The molecule has 108 valence electrons. The summed E-state index contributed by atoms with van der Waals surface area (Å²) >= 11 is 0. The predicted octanol–water partition coefficient (Wildman–Crippen LogP) is 1.83. The molecule has 1 aliphatic rings. The number of anilines is 1. The highest BCUT2D eigenvalue weighted by Gasteiger charge is 2.35. The van der Waals surface area contributed by atoms with E-state index < -0.39 is 5.41 Å². The maximum Gasteiger partial charge on any atom is 0.230 e. The summed E-state index contributed by atoms with van der Waals surface area (Å²) in [7, 11) is 0. The second kappa shape index (κ2) is 5.60. The zero-order chi connectivity index (χ0) is 16.3. The molecule has 0 bridgehead atoms. The van der Waals surface area contributed by atoms with Gasteiger partial charge in [-0.15, -0.1) is 0 Å². The van der Waals surface area contributed by atoms with Crippen LogP contribution in [-0.4, -0.2) is 5.91 Å². The topological polar surface area (TPSA) is 112 Å². The number of nitriles is 3. The Morgan fingerprint density at radius 1 is 1.23 bits per heavy atom. The number of fused-ring (bicyclic) bond motifs is 1. The van der Waals surface area contributed by atoms with Crippen molar-refractivity contribution in [1.29, 1.82) is 15.8 Å². The molecule has 6 heteroatoms. The Kier molecular flexibility index (Phi) is 3.84. The Morgan fingerprint density at radius 3 is 2.50 bits per heavy atom. The van der Waals surface area contributed by atoms with Gasteiger partial charge >= 0.3 is 0 Å². The van der Waals surface area contributed by atoms with Gasteiger partial charge in [0.1, 0.15) is 23.9 Å². The highest BCUT2D eigenvalue weighted by atomic mass is 16.2. The Balaban J connectivity index is 2.46. The molecule has 22 heavy (non-hydrogen) atoms. The van der Waals surface area contributed by atoms with Crippen molar-refractivity contribution >= 4 is 11.6 Å². The molecule has 1 aromatic rings. The van der Waals surface area contributed by atoms with Gasteiger partial charge in [0, 0.05) is 12.2 Å². The third-order valence-electron chi connectivity index (χ3n) is 3.65. The van der Waals surface area contributed by atoms with Crippen molar-refractivity contribution in [2.24, 2.45) is 0 Å². The molecule has 0 fully saturated rings. The highest BCUT2D eigenvalue weighted by Crippen LogP contribution is 2.32. The number of rotatable bonds is 2. The van der Waals surface area contributed by atoms with Crippen LogP contribution in [0, 0.1) is 34.0 Å². The van der Waals surface area contributed by atoms with Crippen LogP contribution in [0.2, 0.25) is 0 Å². The van der Waals surface area contributed by atoms with Gasteiger partial charge in [0.15, 0.2) is 5.57 Å². The predicted molar refractivity (Wildman–Crippen MR) is 78.8 cm³/mol. The van der Waals surface area contributed by atoms with Gasteiger partial charge in [-0.3, -0.25) is 4.79 Å². The molecule has 0 radical (unpaired) electrons. The fourth-order valence-corrected chi connectivity index (χ4v) is 2.34. The molecule has 2 N–H and O–H groups in total. The van der Waals surface area contributed by atoms with Crippen molar-refractivity contribution in [2.75, 3.05) is 5.32 Å². The Morgan fingerprint density at radius 2 is 1.91 bits per heavy atom. The van der Waals surface area contributed by atoms with Crippen LogP contribution < -0.4 is 10.6 Å². The van der Waals surface area contributed by atoms with Crippen molar-refractivity contribution < 1.29 is 4.79 Å². The number of nitrogens with one attached hydrogen (secondary N) is 2. The number of nitrogens with zero attached hydrogens (tertiary/aromatic N) is 3. The average molecular weight is 291 g/mol. The van der Waals surface area contributed by atoms with Crippen molar-refractivity contribution in [3.05, 3.63) is 40.6 Å². The fourth-order valence-electron chi connectivity index (χ4n) is 2.34. The second-order valence-electron chi connectivity index (χ2n) is 5.39. The number of amides is 1. The van der Waals surface area contributed by atoms with E-state index in [0.717, 1.165) is 11.1 Å². The van der Waals surface area contributed by atoms with E-state index in [1.165, 1.54) is 0 Å². The number of hydrogen-bond acceptors (Lipinski definition) is 5. The van der Waals surface area contributed by atoms with E-state index in [-0.39, 0.29) is 17.2 Å². The van der Waals surface area contributed by atoms with E-state index in [1.54, 1.807) is 30.3 Å². The van der Waals surface area contributed by atoms with E-state index >= 15 is 0 Å². The minimum Gasteiger partial charge on any atom is -0.351 e. The normalized spacial score (nSPS) is 14.4. The first-order chi connectivity index (χ1) is 10.4. The van der Waals surface area contributed by atoms with Crippen LogP contribution in [0.15, 0.2) is 29.5 Å². The molecule has 0 aliphatic carbocycles. The van der Waals surface area contributed by atoms with E-state index in [0.29, 0.717) is 12.2 Å². The van der Waals surface area contributed by atoms with Crippen LogP contribution in [0.3, 0.4) is 0 Å². The van der Waals surface area contributed by atoms with Gasteiger partial charge in [-0.25, -0.2) is 0 Å². The molecule has 1 amide bonds. The summed E-state index contributed by atoms with van der Waals surface area (Å²) < 4.78 is 0. The van der Waals surface area contributed by atoms with Gasteiger partial charge in [-0.05, 0) is 37.1 Å². The van der Waals surface area contributed by atoms with Crippen LogP contribution in [0.1, 0.15) is 25.0 Å². The zero-order valence-electron chi connectivity index (χ0n) is 12.2. The van der Waals surface area contributed by atoms with Gasteiger partial charge in [-0.2, -0.15) is 15.8 Å². The first-order valence-corrected chi connectivity index (χ1v) is 6.57. The standard InChI is InChI=1S/C16H13N5O/c1-16(2)13-5-12(4-3-10(13)9-20-15(16)22)21-14(8-19)11(6-17)7-18/h3-5,21H,9H2,1-2H3,(H,20,22). The van der Waals surface area contributed by atoms with Crippen molar-refractivity contribution in [3.63, 3.8) is 0 Å². The van der Waals surface area contributed by atoms with Crippen LogP contribution in [0.4, 0.5) is 5.69 Å². The van der Waals surface area contributed by atoms with E-state index in [4.69, 9.17) is 15.8 Å². The summed E-state index contributed by atoms with van der Waals surface area (Å²) in [5.41, 5.74) is 1.34. The van der Waals surface area contributed by atoms with Crippen LogP contribution in [-0.2, 0) is 16.8 Å². The van der Waals surface area contributed by atoms with Gasteiger partial charge in [-0.1, -0.05) is 6.07 Å². The minimum absolute atomic E-state index is 0.0667. The quantitative estimate of drug-likeness (QED) is 0.807. The molecular weight excluding hydrogens is 278 g/mol. The molecule has 0 saturated carbocycles. The lowest BCUT2D eigenvalue weighted by molar-refractivity contribution is -0.126. The monoisotopic (exact) mass is 291 g/mol. The third-order valence-corrected chi connectivity index (χ3v) is 3.65. The molecule has 0 saturated heterocycles. The molecule has 2 rings (SSSR count). The van der Waals surface area contributed by atoms with Gasteiger partial charge in [0.25, 0.3) is 0 Å². The molecule has 0 unspecified atom stereocenters. The van der Waals surface area contributed by atoms with Crippen molar-refractivity contribution in [2.45, 2.75) is 25.8 Å². The maximum absolute atomic E-state index is 12.0. The lowest BCUT2D eigenvalue weighted by atomic mass is 9.78. The molecule has 1 heterocycles.